The van der Waals surface area contributed by atoms with Crippen molar-refractivity contribution >= 4 is 22.9 Å². The molecule has 0 unspecified atom stereocenters. The first kappa shape index (κ1) is 7.04. The summed E-state index contributed by atoms with van der Waals surface area (Å²) in [4.78, 5) is 15.1. The van der Waals surface area contributed by atoms with Gasteiger partial charge in [0.15, 0.2) is 0 Å². The van der Waals surface area contributed by atoms with Crippen LogP contribution in [0.3, 0.4) is 0 Å². The lowest BCUT2D eigenvalue weighted by Crippen LogP contribution is -2.59. The molecule has 1 amide bonds. The summed E-state index contributed by atoms with van der Waals surface area (Å²) in [7, 11) is -3.37. The largest absolute Gasteiger partial charge is 0.358 e. The van der Waals surface area contributed by atoms with E-state index < -0.39 is 107 Å². The number of para-hydroxylation sites is 1. The van der Waals surface area contributed by atoms with Crippen molar-refractivity contribution in [2.24, 2.45) is 0 Å². The smallest absolute Gasteiger partial charge is 0.229 e. The molecule has 3 rings (SSSR count). The van der Waals surface area contributed by atoms with Gasteiger partial charge in [0, 0.05) is 68.7 Å². The molecular weight excluding hydrogens is 344 g/mol. The second kappa shape index (κ2) is 8.80. The van der Waals surface area contributed by atoms with Gasteiger partial charge in [-0.15, -0.1) is 11.3 Å². The van der Waals surface area contributed by atoms with E-state index in [1.165, 1.54) is 12.1 Å². The highest BCUT2D eigenvalue weighted by molar-refractivity contribution is 7.09. The van der Waals surface area contributed by atoms with Crippen LogP contribution in [0.25, 0.3) is 0 Å². The zero-order chi connectivity index (χ0) is 33.1. The third-order valence-corrected chi connectivity index (χ3v) is 4.81. The normalized spacial score (nSPS) is 29.3. The van der Waals surface area contributed by atoms with Crippen LogP contribution in [0.15, 0.2) is 47.7 Å². The van der Waals surface area contributed by atoms with Gasteiger partial charge in [-0.05, 0) is 29.9 Å². The van der Waals surface area contributed by atoms with Gasteiger partial charge >= 0.3 is 0 Å². The summed E-state index contributed by atoms with van der Waals surface area (Å²) in [5.74, 6) is -1.97. The lowest BCUT2D eigenvalue weighted by molar-refractivity contribution is -0.128. The Morgan fingerprint density at radius 2 is 2.23 bits per heavy atom. The van der Waals surface area contributed by atoms with Crippen LogP contribution in [0, 0.1) is 0 Å². The number of aryl methyl sites for hydroxylation is 1. The number of benzene rings is 1. The molecule has 2 aromatic rings. The van der Waals surface area contributed by atoms with E-state index in [2.05, 4.69) is 0 Å². The van der Waals surface area contributed by atoms with E-state index in [0.29, 0.717) is 0 Å². The summed E-state index contributed by atoms with van der Waals surface area (Å²) in [6, 6.07) is -2.07. The molecule has 0 atom stereocenters. The number of carbonyl (C=O) groups excluding carboxylic acids is 1. The third-order valence-electron chi connectivity index (χ3n) is 4.02. The molecule has 0 radical (unpaired) electrons. The molecule has 1 aromatic heterocycles. The van der Waals surface area contributed by atoms with Gasteiger partial charge in [-0.25, -0.2) is 0 Å². The van der Waals surface area contributed by atoms with Crippen molar-refractivity contribution in [1.82, 2.24) is 4.90 Å². The first-order valence-electron chi connectivity index (χ1n) is 16.2. The van der Waals surface area contributed by atoms with Gasteiger partial charge in [-0.2, -0.15) is 0 Å². The monoisotopic (exact) mass is 389 g/mol. The number of hydrogen-bond donors (Lipinski definition) is 0. The summed E-state index contributed by atoms with van der Waals surface area (Å²) in [5.41, 5.74) is -3.62. The number of nitrogens with zero attached hydrogens (tertiary/aromatic N) is 2. The Balaban J connectivity index is 2.25. The summed E-state index contributed by atoms with van der Waals surface area (Å²) in [6.45, 7) is -7.45. The Bertz CT molecular complexity index is 1320. The molecule has 2 heterocycles. The molecule has 0 spiro atoms. The van der Waals surface area contributed by atoms with Crippen molar-refractivity contribution in [2.75, 3.05) is 31.5 Å². The van der Waals surface area contributed by atoms with Gasteiger partial charge in [0.1, 0.15) is 5.72 Å². The van der Waals surface area contributed by atoms with Gasteiger partial charge in [0.05, 0.1) is 11.0 Å². The number of piperidine rings is 1. The zero-order valence-corrected chi connectivity index (χ0v) is 14.5. The topological polar surface area (TPSA) is 32.8 Å². The molecule has 5 heteroatoms. The maximum absolute atomic E-state index is 13.9. The van der Waals surface area contributed by atoms with Crippen LogP contribution in [0.1, 0.15) is 54.2 Å². The standard InChI is InChI=1S/C21H28N2O2S/c1-3-20(24)23(18-8-5-4-6-9-18)21(25-2)12-15-22(16-13-21)14-11-19-10-7-17-26-19/h4-10,17H,3,11-16H2,1-2H3/i1D3,2D3,3D2,4D,5D,6D,8D,9D,11D2,14D2. The molecule has 140 valence electrons. The second-order valence-electron chi connectivity index (χ2n) is 5.49. The van der Waals surface area contributed by atoms with Crippen LogP contribution >= 0.6 is 11.3 Å². The fourth-order valence-electron chi connectivity index (χ4n) is 2.72. The zero-order valence-electron chi connectivity index (χ0n) is 30.7. The van der Waals surface area contributed by atoms with Gasteiger partial charge in [-0.1, -0.05) is 31.0 Å². The number of hydrogen-bond acceptors (Lipinski definition) is 4. The third kappa shape index (κ3) is 4.17. The molecule has 1 fully saturated rings. The molecule has 1 aliphatic rings. The predicted molar refractivity (Wildman–Crippen MR) is 108 cm³/mol. The highest BCUT2D eigenvalue weighted by atomic mass is 32.1. The fraction of sp³-hybridized carbons (Fsp3) is 0.476. The molecular formula is C21H28N2O2S. The maximum atomic E-state index is 13.9. The van der Waals surface area contributed by atoms with E-state index in [9.17, 15) is 4.79 Å². The van der Waals surface area contributed by atoms with Crippen LogP contribution in [-0.4, -0.2) is 43.2 Å². The highest BCUT2D eigenvalue weighted by Crippen LogP contribution is 2.34. The van der Waals surface area contributed by atoms with E-state index in [1.807, 2.05) is 0 Å². The lowest BCUT2D eigenvalue weighted by atomic mass is 9.96. The Labute approximate surface area is 184 Å². The van der Waals surface area contributed by atoms with Gasteiger partial charge in [0.25, 0.3) is 0 Å². The predicted octanol–water partition coefficient (Wildman–Crippen LogP) is 4.17. The summed E-state index contributed by atoms with van der Waals surface area (Å²) >= 11 is 0.965. The van der Waals surface area contributed by atoms with Crippen molar-refractivity contribution in [1.29, 1.82) is 0 Å². The van der Waals surface area contributed by atoms with Crippen LogP contribution in [0.2, 0.25) is 0 Å². The van der Waals surface area contributed by atoms with E-state index >= 15 is 0 Å². The summed E-state index contributed by atoms with van der Waals surface area (Å²) in [6.07, 6.45) is -7.77. The number of anilines is 1. The number of rotatable bonds is 7. The minimum absolute atomic E-state index is 0.0508. The maximum Gasteiger partial charge on any atom is 0.229 e. The minimum Gasteiger partial charge on any atom is -0.358 e. The summed E-state index contributed by atoms with van der Waals surface area (Å²) < 4.78 is 143. The first-order valence-corrected chi connectivity index (χ1v) is 8.62. The molecule has 0 N–H and O–H groups in total. The van der Waals surface area contributed by atoms with Crippen LogP contribution in [0.4, 0.5) is 5.69 Å². The quantitative estimate of drug-likeness (QED) is 0.666. The average molecular weight is 390 g/mol. The SMILES string of the molecule is [2H]c1c([2H])c([2H])c(N(C(=O)C([2H])([2H])C([2H])([2H])[2H])C2(OC([2H])([2H])[2H])CCN(C([2H])([2H])C([2H])([2H])c3cccs3)CC2)c([2H])c1[2H]. The fourth-order valence-corrected chi connectivity index (χ4v) is 3.29. The minimum atomic E-state index is -3.77. The first-order chi connectivity index (χ1) is 19.3. The van der Waals surface area contributed by atoms with Gasteiger partial charge < -0.3 is 9.64 Å². The van der Waals surface area contributed by atoms with Crippen molar-refractivity contribution in [3.05, 3.63) is 52.6 Å². The Morgan fingerprint density at radius 3 is 2.88 bits per heavy atom. The Morgan fingerprint density at radius 1 is 1.42 bits per heavy atom. The van der Waals surface area contributed by atoms with E-state index in [1.54, 1.807) is 5.38 Å². The number of amides is 1. The molecule has 1 saturated heterocycles. The number of methoxy groups -OCH3 is 1. The molecule has 0 aliphatic carbocycles. The second-order valence-corrected chi connectivity index (χ2v) is 6.44. The molecule has 1 aliphatic heterocycles. The number of carbonyl (C=O) groups is 1. The van der Waals surface area contributed by atoms with Crippen molar-refractivity contribution in [2.45, 2.75) is 38.2 Å². The Kier molecular flexibility index (Phi) is 2.38. The van der Waals surface area contributed by atoms with Crippen LogP contribution in [0.5, 0.6) is 0 Å². The molecule has 0 saturated carbocycles. The van der Waals surface area contributed by atoms with E-state index in [4.69, 9.17) is 28.0 Å². The molecule has 0 bridgehead atoms. The molecule has 26 heavy (non-hydrogen) atoms. The molecule has 1 aromatic carbocycles. The number of thiophene rings is 1. The van der Waals surface area contributed by atoms with Crippen molar-refractivity contribution < 1.29 is 32.8 Å². The van der Waals surface area contributed by atoms with Gasteiger partial charge in [-0.3, -0.25) is 9.69 Å². The summed E-state index contributed by atoms with van der Waals surface area (Å²) in [5, 5.41) is 1.55. The van der Waals surface area contributed by atoms with E-state index in [0.717, 1.165) is 16.2 Å². The highest BCUT2D eigenvalue weighted by Gasteiger charge is 2.42. The van der Waals surface area contributed by atoms with E-state index in [-0.39, 0.29) is 9.78 Å². The molecule has 4 nitrogen and oxygen atoms in total. The van der Waals surface area contributed by atoms with Gasteiger partial charge in [0.2, 0.25) is 5.91 Å². The van der Waals surface area contributed by atoms with Crippen LogP contribution < -0.4 is 4.90 Å². The average Bonchev–Trinajstić information content (AvgIpc) is 3.43. The number of ether oxygens (including phenoxy) is 1. The van der Waals surface area contributed by atoms with Crippen LogP contribution in [-0.2, 0) is 15.9 Å². The van der Waals surface area contributed by atoms with Crippen molar-refractivity contribution in [3.63, 3.8) is 0 Å². The lowest BCUT2D eigenvalue weighted by Gasteiger charge is -2.47. The Hall–Kier alpha value is -1.69. The van der Waals surface area contributed by atoms with Crippen molar-refractivity contribution in [3.8, 4) is 0 Å². The number of likely N-dealkylation sites (tertiary alicyclic amines) is 1.